The van der Waals surface area contributed by atoms with Gasteiger partial charge in [0.2, 0.25) is 0 Å². The largest absolute Gasteiger partial charge is 0.496 e. The Labute approximate surface area is 138 Å². The standard InChI is InChI=1S/C15H21N3O.HI/c1-5-9-17-15(16-6-2)18-11-13-8-7-12(3)14(10-13)19-4;/h1,7-8,10H,6,9,11H2,2-4H3,(H2,16,17,18);1H. The second kappa shape index (κ2) is 10.4. The Hall–Kier alpha value is -1.42. The van der Waals surface area contributed by atoms with Crippen molar-refractivity contribution in [3.63, 3.8) is 0 Å². The van der Waals surface area contributed by atoms with E-state index < -0.39 is 0 Å². The van der Waals surface area contributed by atoms with E-state index in [2.05, 4.69) is 21.5 Å². The molecule has 0 heterocycles. The van der Waals surface area contributed by atoms with Gasteiger partial charge in [0, 0.05) is 6.54 Å². The zero-order chi connectivity index (χ0) is 14.1. The molecule has 0 saturated heterocycles. The molecule has 1 aromatic rings. The van der Waals surface area contributed by atoms with Crippen molar-refractivity contribution in [2.24, 2.45) is 4.99 Å². The Morgan fingerprint density at radius 3 is 2.75 bits per heavy atom. The molecule has 1 rings (SSSR count). The molecule has 4 nitrogen and oxygen atoms in total. The first-order valence-electron chi connectivity index (χ1n) is 6.30. The van der Waals surface area contributed by atoms with Crippen LogP contribution in [0.3, 0.4) is 0 Å². The van der Waals surface area contributed by atoms with E-state index in [0.29, 0.717) is 13.1 Å². The first-order chi connectivity index (χ1) is 9.21. The number of guanidine groups is 1. The molecule has 1 aromatic carbocycles. The first kappa shape index (κ1) is 18.6. The van der Waals surface area contributed by atoms with E-state index in [1.54, 1.807) is 7.11 Å². The Balaban J connectivity index is 0.00000361. The minimum atomic E-state index is 0. The van der Waals surface area contributed by atoms with Gasteiger partial charge in [-0.05, 0) is 31.0 Å². The van der Waals surface area contributed by atoms with E-state index >= 15 is 0 Å². The molecule has 0 aliphatic rings. The van der Waals surface area contributed by atoms with Gasteiger partial charge >= 0.3 is 0 Å². The van der Waals surface area contributed by atoms with E-state index in [0.717, 1.165) is 29.4 Å². The summed E-state index contributed by atoms with van der Waals surface area (Å²) in [4.78, 5) is 4.47. The van der Waals surface area contributed by atoms with Crippen LogP contribution in [0, 0.1) is 19.3 Å². The summed E-state index contributed by atoms with van der Waals surface area (Å²) in [6.07, 6.45) is 5.22. The summed E-state index contributed by atoms with van der Waals surface area (Å²) in [5, 5.41) is 6.19. The monoisotopic (exact) mass is 387 g/mol. The summed E-state index contributed by atoms with van der Waals surface area (Å²) in [5.41, 5.74) is 2.22. The first-order valence-corrected chi connectivity index (χ1v) is 6.30. The summed E-state index contributed by atoms with van der Waals surface area (Å²) in [6.45, 7) is 5.87. The van der Waals surface area contributed by atoms with Crippen LogP contribution in [0.2, 0.25) is 0 Å². The molecule has 0 unspecified atom stereocenters. The minimum absolute atomic E-state index is 0. The number of aryl methyl sites for hydroxylation is 1. The minimum Gasteiger partial charge on any atom is -0.496 e. The zero-order valence-corrected chi connectivity index (χ0v) is 14.5. The topological polar surface area (TPSA) is 45.7 Å². The average molecular weight is 387 g/mol. The molecule has 0 amide bonds. The lowest BCUT2D eigenvalue weighted by Crippen LogP contribution is -2.37. The van der Waals surface area contributed by atoms with Crippen LogP contribution < -0.4 is 15.4 Å². The Morgan fingerprint density at radius 1 is 1.40 bits per heavy atom. The van der Waals surface area contributed by atoms with Crippen LogP contribution >= 0.6 is 24.0 Å². The van der Waals surface area contributed by atoms with Gasteiger partial charge in [0.1, 0.15) is 5.75 Å². The van der Waals surface area contributed by atoms with Crippen LogP contribution in [-0.4, -0.2) is 26.2 Å². The summed E-state index contributed by atoms with van der Waals surface area (Å²) < 4.78 is 5.30. The summed E-state index contributed by atoms with van der Waals surface area (Å²) in [7, 11) is 1.67. The highest BCUT2D eigenvalue weighted by molar-refractivity contribution is 14.0. The highest BCUT2D eigenvalue weighted by Gasteiger charge is 2.01. The van der Waals surface area contributed by atoms with Crippen molar-refractivity contribution in [3.8, 4) is 18.1 Å². The second-order valence-electron chi connectivity index (χ2n) is 4.06. The quantitative estimate of drug-likeness (QED) is 0.353. The molecule has 0 bridgehead atoms. The fourth-order valence-electron chi connectivity index (χ4n) is 1.61. The van der Waals surface area contributed by atoms with Gasteiger partial charge in [-0.15, -0.1) is 30.4 Å². The molecule has 0 spiro atoms. The van der Waals surface area contributed by atoms with Crippen LogP contribution in [0.1, 0.15) is 18.1 Å². The van der Waals surface area contributed by atoms with Gasteiger partial charge in [-0.25, -0.2) is 4.99 Å². The van der Waals surface area contributed by atoms with Gasteiger partial charge in [-0.1, -0.05) is 18.1 Å². The third-order valence-electron chi connectivity index (χ3n) is 2.59. The summed E-state index contributed by atoms with van der Waals surface area (Å²) >= 11 is 0. The van der Waals surface area contributed by atoms with E-state index in [1.807, 2.05) is 32.0 Å². The maximum Gasteiger partial charge on any atom is 0.192 e. The number of methoxy groups -OCH3 is 1. The number of nitrogens with one attached hydrogen (secondary N) is 2. The van der Waals surface area contributed by atoms with Crippen molar-refractivity contribution < 1.29 is 4.74 Å². The Morgan fingerprint density at radius 2 is 2.15 bits per heavy atom. The molecular weight excluding hydrogens is 365 g/mol. The van der Waals surface area contributed by atoms with Crippen LogP contribution in [-0.2, 0) is 6.54 Å². The van der Waals surface area contributed by atoms with Crippen molar-refractivity contribution in [1.82, 2.24) is 10.6 Å². The Bertz CT molecular complexity index is 480. The number of rotatable bonds is 5. The Kier molecular flexibility index (Phi) is 9.64. The third kappa shape index (κ3) is 6.15. The molecule has 0 radical (unpaired) electrons. The predicted molar refractivity (Wildman–Crippen MR) is 94.8 cm³/mol. The maximum atomic E-state index is 5.30. The molecule has 0 aliphatic carbocycles. The fraction of sp³-hybridized carbons (Fsp3) is 0.400. The number of hydrogen-bond donors (Lipinski definition) is 2. The van der Waals surface area contributed by atoms with Gasteiger partial charge in [0.25, 0.3) is 0 Å². The van der Waals surface area contributed by atoms with Gasteiger partial charge < -0.3 is 15.4 Å². The number of terminal acetylenes is 1. The van der Waals surface area contributed by atoms with Crippen molar-refractivity contribution in [2.45, 2.75) is 20.4 Å². The lowest BCUT2D eigenvalue weighted by Gasteiger charge is -2.10. The number of benzene rings is 1. The zero-order valence-electron chi connectivity index (χ0n) is 12.2. The normalized spacial score (nSPS) is 10.2. The molecule has 0 aromatic heterocycles. The highest BCUT2D eigenvalue weighted by Crippen LogP contribution is 2.19. The average Bonchev–Trinajstić information content (AvgIpc) is 2.43. The van der Waals surface area contributed by atoms with E-state index in [9.17, 15) is 0 Å². The van der Waals surface area contributed by atoms with Crippen LogP contribution in [0.5, 0.6) is 5.75 Å². The molecule has 0 aliphatic heterocycles. The molecule has 0 fully saturated rings. The van der Waals surface area contributed by atoms with Crippen LogP contribution in [0.15, 0.2) is 23.2 Å². The summed E-state index contributed by atoms with van der Waals surface area (Å²) in [5.74, 6) is 4.13. The lowest BCUT2D eigenvalue weighted by atomic mass is 10.1. The molecule has 20 heavy (non-hydrogen) atoms. The SMILES string of the molecule is C#CCNC(=NCc1ccc(C)c(OC)c1)NCC.I. The number of ether oxygens (including phenoxy) is 1. The van der Waals surface area contributed by atoms with Gasteiger partial charge in [0.05, 0.1) is 20.2 Å². The van der Waals surface area contributed by atoms with Gasteiger partial charge in [0.15, 0.2) is 5.96 Å². The van der Waals surface area contributed by atoms with Crippen molar-refractivity contribution in [3.05, 3.63) is 29.3 Å². The molecule has 0 saturated carbocycles. The fourth-order valence-corrected chi connectivity index (χ4v) is 1.61. The molecule has 0 atom stereocenters. The predicted octanol–water partition coefficient (Wildman–Crippen LogP) is 2.31. The number of hydrogen-bond acceptors (Lipinski definition) is 2. The van der Waals surface area contributed by atoms with Gasteiger partial charge in [-0.2, -0.15) is 0 Å². The van der Waals surface area contributed by atoms with E-state index in [1.165, 1.54) is 0 Å². The molecule has 5 heteroatoms. The molecule has 2 N–H and O–H groups in total. The summed E-state index contributed by atoms with van der Waals surface area (Å²) in [6, 6.07) is 6.08. The third-order valence-corrected chi connectivity index (χ3v) is 2.59. The molecular formula is C15H22IN3O. The number of aliphatic imine (C=N–C) groups is 1. The lowest BCUT2D eigenvalue weighted by molar-refractivity contribution is 0.411. The van der Waals surface area contributed by atoms with E-state index in [-0.39, 0.29) is 24.0 Å². The van der Waals surface area contributed by atoms with Crippen molar-refractivity contribution >= 4 is 29.9 Å². The maximum absolute atomic E-state index is 5.30. The van der Waals surface area contributed by atoms with Gasteiger partial charge in [-0.3, -0.25) is 0 Å². The second-order valence-corrected chi connectivity index (χ2v) is 4.06. The molecule has 110 valence electrons. The number of nitrogens with zero attached hydrogens (tertiary/aromatic N) is 1. The smallest absolute Gasteiger partial charge is 0.192 e. The van der Waals surface area contributed by atoms with Crippen LogP contribution in [0.25, 0.3) is 0 Å². The number of halogens is 1. The highest BCUT2D eigenvalue weighted by atomic mass is 127. The van der Waals surface area contributed by atoms with Crippen molar-refractivity contribution in [1.29, 1.82) is 0 Å². The van der Waals surface area contributed by atoms with Crippen molar-refractivity contribution in [2.75, 3.05) is 20.2 Å². The van der Waals surface area contributed by atoms with E-state index in [4.69, 9.17) is 11.2 Å². The van der Waals surface area contributed by atoms with Crippen LogP contribution in [0.4, 0.5) is 0 Å².